The van der Waals surface area contributed by atoms with E-state index >= 15 is 0 Å². The minimum absolute atomic E-state index is 0.00603. The van der Waals surface area contributed by atoms with Gasteiger partial charge in [0, 0.05) is 24.7 Å². The summed E-state index contributed by atoms with van der Waals surface area (Å²) in [5, 5.41) is 5.26. The fourth-order valence-electron chi connectivity index (χ4n) is 5.16. The first-order chi connectivity index (χ1) is 17.6. The van der Waals surface area contributed by atoms with Crippen molar-refractivity contribution in [3.8, 4) is 0 Å². The SMILES string of the molecule is NC(=O)Cc1ccc(C2CCC(N3CC(NC(=O)CNC(=O)c4cccc(C(F)(F)F)c4)C3)CC2)cc1. The molecular formula is C27H31F3N4O3. The number of nitrogens with zero attached hydrogens (tertiary/aromatic N) is 1. The Morgan fingerprint density at radius 2 is 1.65 bits per heavy atom. The first-order valence-electron chi connectivity index (χ1n) is 12.4. The number of carbonyl (C=O) groups is 3. The Hall–Kier alpha value is -3.40. The summed E-state index contributed by atoms with van der Waals surface area (Å²) < 4.78 is 38.5. The van der Waals surface area contributed by atoms with Gasteiger partial charge in [-0.25, -0.2) is 0 Å². The Balaban J connectivity index is 1.15. The minimum Gasteiger partial charge on any atom is -0.369 e. The molecule has 7 nitrogen and oxygen atoms in total. The van der Waals surface area contributed by atoms with Crippen molar-refractivity contribution < 1.29 is 27.6 Å². The van der Waals surface area contributed by atoms with Crippen LogP contribution in [0, 0.1) is 0 Å². The summed E-state index contributed by atoms with van der Waals surface area (Å²) in [6.07, 6.45) is 0.0103. The van der Waals surface area contributed by atoms with Crippen LogP contribution < -0.4 is 16.4 Å². The molecule has 4 N–H and O–H groups in total. The van der Waals surface area contributed by atoms with Crippen LogP contribution in [0.25, 0.3) is 0 Å². The molecule has 0 radical (unpaired) electrons. The molecule has 1 saturated carbocycles. The van der Waals surface area contributed by atoms with E-state index in [-0.39, 0.29) is 36.4 Å². The molecule has 37 heavy (non-hydrogen) atoms. The standard InChI is InChI=1S/C27H31F3N4O3/c28-27(29,30)21-3-1-2-20(13-21)26(37)32-14-25(36)33-22-15-34(16-22)23-10-8-19(9-11-23)18-6-4-17(5-7-18)12-24(31)35/h1-7,13,19,22-23H,8-12,14-16H2,(H2,31,35)(H,32,37)(H,33,36). The van der Waals surface area contributed by atoms with Gasteiger partial charge in [0.1, 0.15) is 0 Å². The molecule has 1 aliphatic heterocycles. The third-order valence-corrected chi connectivity index (χ3v) is 7.18. The van der Waals surface area contributed by atoms with Crippen LogP contribution in [0.3, 0.4) is 0 Å². The maximum atomic E-state index is 12.8. The van der Waals surface area contributed by atoms with E-state index in [1.165, 1.54) is 11.6 Å². The van der Waals surface area contributed by atoms with E-state index in [1.54, 1.807) is 0 Å². The van der Waals surface area contributed by atoms with Gasteiger partial charge in [0.2, 0.25) is 11.8 Å². The minimum atomic E-state index is -4.54. The van der Waals surface area contributed by atoms with Gasteiger partial charge in [-0.2, -0.15) is 13.2 Å². The van der Waals surface area contributed by atoms with Crippen LogP contribution >= 0.6 is 0 Å². The second kappa shape index (κ2) is 11.3. The third kappa shape index (κ3) is 7.09. The summed E-state index contributed by atoms with van der Waals surface area (Å²) in [6.45, 7) is 1.18. The van der Waals surface area contributed by atoms with Crippen molar-refractivity contribution in [3.63, 3.8) is 0 Å². The van der Waals surface area contributed by atoms with Crippen LogP contribution in [-0.4, -0.2) is 54.3 Å². The molecule has 0 aromatic heterocycles. The maximum Gasteiger partial charge on any atom is 0.416 e. The summed E-state index contributed by atoms with van der Waals surface area (Å²) >= 11 is 0. The van der Waals surface area contributed by atoms with Gasteiger partial charge >= 0.3 is 6.18 Å². The molecule has 0 bridgehead atoms. The molecule has 2 aromatic carbocycles. The Morgan fingerprint density at radius 1 is 0.973 bits per heavy atom. The zero-order valence-electron chi connectivity index (χ0n) is 20.4. The smallest absolute Gasteiger partial charge is 0.369 e. The van der Waals surface area contributed by atoms with Gasteiger partial charge in [0.05, 0.1) is 24.6 Å². The lowest BCUT2D eigenvalue weighted by molar-refractivity contribution is -0.137. The van der Waals surface area contributed by atoms with Crippen molar-refractivity contribution in [3.05, 3.63) is 70.8 Å². The average Bonchev–Trinajstić information content (AvgIpc) is 2.84. The van der Waals surface area contributed by atoms with Gasteiger partial charge in [-0.05, 0) is 60.9 Å². The fourth-order valence-corrected chi connectivity index (χ4v) is 5.16. The van der Waals surface area contributed by atoms with Crippen LogP contribution in [0.4, 0.5) is 13.2 Å². The van der Waals surface area contributed by atoms with Crippen LogP contribution in [0.5, 0.6) is 0 Å². The molecule has 3 amide bonds. The van der Waals surface area contributed by atoms with Crippen molar-refractivity contribution >= 4 is 17.7 Å². The number of rotatable bonds is 8. The molecule has 1 heterocycles. The molecule has 0 atom stereocenters. The number of likely N-dealkylation sites (tertiary alicyclic amines) is 1. The van der Waals surface area contributed by atoms with Gasteiger partial charge in [-0.15, -0.1) is 0 Å². The van der Waals surface area contributed by atoms with Crippen molar-refractivity contribution in [1.29, 1.82) is 0 Å². The molecule has 2 fully saturated rings. The Morgan fingerprint density at radius 3 is 2.27 bits per heavy atom. The lowest BCUT2D eigenvalue weighted by Crippen LogP contribution is -2.63. The fraction of sp³-hybridized carbons (Fsp3) is 0.444. The molecule has 1 aliphatic carbocycles. The number of nitrogens with one attached hydrogen (secondary N) is 2. The lowest BCUT2D eigenvalue weighted by atomic mass is 9.80. The van der Waals surface area contributed by atoms with Crippen LogP contribution in [0.15, 0.2) is 48.5 Å². The molecular weight excluding hydrogens is 485 g/mol. The largest absolute Gasteiger partial charge is 0.416 e. The predicted octanol–water partition coefficient (Wildman–Crippen LogP) is 2.99. The summed E-state index contributed by atoms with van der Waals surface area (Å²) in [7, 11) is 0. The van der Waals surface area contributed by atoms with E-state index < -0.39 is 17.6 Å². The summed E-state index contributed by atoms with van der Waals surface area (Å²) in [4.78, 5) is 37.8. The zero-order valence-corrected chi connectivity index (χ0v) is 20.4. The maximum absolute atomic E-state index is 12.8. The molecule has 0 unspecified atom stereocenters. The van der Waals surface area contributed by atoms with Crippen LogP contribution in [-0.2, 0) is 22.2 Å². The topological polar surface area (TPSA) is 105 Å². The molecule has 1 saturated heterocycles. The zero-order chi connectivity index (χ0) is 26.6. The van der Waals surface area contributed by atoms with E-state index in [4.69, 9.17) is 5.73 Å². The number of benzene rings is 2. The second-order valence-electron chi connectivity index (χ2n) is 9.87. The highest BCUT2D eigenvalue weighted by molar-refractivity contribution is 5.96. The monoisotopic (exact) mass is 516 g/mol. The summed E-state index contributed by atoms with van der Waals surface area (Å²) in [5.41, 5.74) is 6.41. The predicted molar refractivity (Wildman–Crippen MR) is 132 cm³/mol. The number of halogens is 3. The van der Waals surface area contributed by atoms with Gasteiger partial charge in [-0.1, -0.05) is 30.3 Å². The lowest BCUT2D eigenvalue weighted by Gasteiger charge is -2.46. The van der Waals surface area contributed by atoms with E-state index in [1.807, 2.05) is 12.1 Å². The van der Waals surface area contributed by atoms with Gasteiger partial charge in [-0.3, -0.25) is 19.3 Å². The number of nitrogens with two attached hydrogens (primary N) is 1. The third-order valence-electron chi connectivity index (χ3n) is 7.18. The Kier molecular flexibility index (Phi) is 8.16. The number of alkyl halides is 3. The van der Waals surface area contributed by atoms with Crippen molar-refractivity contribution in [2.24, 2.45) is 5.73 Å². The Bertz CT molecular complexity index is 1120. The van der Waals surface area contributed by atoms with E-state index in [0.29, 0.717) is 12.0 Å². The van der Waals surface area contributed by atoms with Crippen molar-refractivity contribution in [1.82, 2.24) is 15.5 Å². The normalized spacial score (nSPS) is 20.6. The number of hydrogen-bond acceptors (Lipinski definition) is 4. The van der Waals surface area contributed by atoms with Crippen LogP contribution in [0.1, 0.15) is 58.6 Å². The van der Waals surface area contributed by atoms with Gasteiger partial charge < -0.3 is 16.4 Å². The first kappa shape index (κ1) is 26.7. The van der Waals surface area contributed by atoms with Crippen molar-refractivity contribution in [2.45, 2.75) is 56.3 Å². The van der Waals surface area contributed by atoms with Crippen molar-refractivity contribution in [2.75, 3.05) is 19.6 Å². The molecule has 4 rings (SSSR count). The van der Waals surface area contributed by atoms with E-state index in [0.717, 1.165) is 62.5 Å². The highest BCUT2D eigenvalue weighted by Gasteiger charge is 2.35. The van der Waals surface area contributed by atoms with E-state index in [2.05, 4.69) is 27.7 Å². The first-order valence-corrected chi connectivity index (χ1v) is 12.4. The molecule has 2 aromatic rings. The van der Waals surface area contributed by atoms with Crippen LogP contribution in [0.2, 0.25) is 0 Å². The second-order valence-corrected chi connectivity index (χ2v) is 9.87. The van der Waals surface area contributed by atoms with E-state index in [9.17, 15) is 27.6 Å². The highest BCUT2D eigenvalue weighted by Crippen LogP contribution is 2.36. The number of amides is 3. The number of primary amides is 1. The van der Waals surface area contributed by atoms with Gasteiger partial charge in [0.15, 0.2) is 0 Å². The number of hydrogen-bond donors (Lipinski definition) is 3. The highest BCUT2D eigenvalue weighted by atomic mass is 19.4. The summed E-state index contributed by atoms with van der Waals surface area (Å²) in [5.74, 6) is -0.933. The molecule has 0 spiro atoms. The quantitative estimate of drug-likeness (QED) is 0.502. The molecule has 198 valence electrons. The number of carbonyl (C=O) groups excluding carboxylic acids is 3. The molecule has 2 aliphatic rings. The average molecular weight is 517 g/mol. The Labute approximate surface area is 213 Å². The summed E-state index contributed by atoms with van der Waals surface area (Å²) in [6, 6.07) is 12.7. The van der Waals surface area contributed by atoms with Gasteiger partial charge in [0.25, 0.3) is 5.91 Å². The molecule has 10 heteroatoms.